The van der Waals surface area contributed by atoms with E-state index >= 15 is 0 Å². The summed E-state index contributed by atoms with van der Waals surface area (Å²) < 4.78 is 5.12. The summed E-state index contributed by atoms with van der Waals surface area (Å²) in [5.74, 6) is 0. The Hall–Kier alpha value is -0.450. The van der Waals surface area contributed by atoms with E-state index in [1.165, 1.54) is 28.4 Å². The highest BCUT2D eigenvalue weighted by molar-refractivity contribution is 7.11. The minimum absolute atomic E-state index is 0.135. The number of hydrogen-bond acceptors (Lipinski definition) is 4. The second-order valence-electron chi connectivity index (χ2n) is 6.38. The molecular formula is C15H26N2OS. The van der Waals surface area contributed by atoms with Gasteiger partial charge in [-0.15, -0.1) is 11.3 Å². The summed E-state index contributed by atoms with van der Waals surface area (Å²) in [5.41, 5.74) is 1.41. The van der Waals surface area contributed by atoms with Gasteiger partial charge in [0.15, 0.2) is 0 Å². The van der Waals surface area contributed by atoms with Crippen molar-refractivity contribution in [2.24, 2.45) is 0 Å². The Morgan fingerprint density at radius 1 is 1.37 bits per heavy atom. The summed E-state index contributed by atoms with van der Waals surface area (Å²) in [6.07, 6.45) is 4.77. The zero-order valence-electron chi connectivity index (χ0n) is 12.6. The summed E-state index contributed by atoms with van der Waals surface area (Å²) in [5, 5.41) is 4.87. The van der Waals surface area contributed by atoms with E-state index in [1.807, 2.05) is 11.3 Å². The van der Waals surface area contributed by atoms with Gasteiger partial charge in [-0.1, -0.05) is 20.8 Å². The molecule has 1 fully saturated rings. The van der Waals surface area contributed by atoms with Crippen LogP contribution < -0.4 is 5.32 Å². The van der Waals surface area contributed by atoms with Crippen LogP contribution >= 0.6 is 11.3 Å². The van der Waals surface area contributed by atoms with Gasteiger partial charge in [0.1, 0.15) is 0 Å². The minimum Gasteiger partial charge on any atom is -0.385 e. The Balaban J connectivity index is 2.03. The number of ether oxygens (including phenoxy) is 1. The maximum atomic E-state index is 5.12. The highest BCUT2D eigenvalue weighted by atomic mass is 32.1. The minimum atomic E-state index is 0.135. The molecule has 19 heavy (non-hydrogen) atoms. The molecule has 0 bridgehead atoms. The van der Waals surface area contributed by atoms with Crippen molar-refractivity contribution in [3.05, 3.63) is 15.6 Å². The fraction of sp³-hybridized carbons (Fsp3) is 0.800. The van der Waals surface area contributed by atoms with Crippen LogP contribution in [-0.2, 0) is 23.1 Å². The summed E-state index contributed by atoms with van der Waals surface area (Å²) in [6, 6.07) is 0.756. The molecule has 2 rings (SSSR count). The maximum absolute atomic E-state index is 5.12. The van der Waals surface area contributed by atoms with Gasteiger partial charge in [-0.2, -0.15) is 0 Å². The third-order valence-corrected chi connectivity index (χ3v) is 4.43. The first-order valence-electron chi connectivity index (χ1n) is 7.22. The topological polar surface area (TPSA) is 34.1 Å². The van der Waals surface area contributed by atoms with Crippen LogP contribution in [0.2, 0.25) is 0 Å². The molecule has 0 unspecified atom stereocenters. The van der Waals surface area contributed by atoms with Crippen molar-refractivity contribution in [2.75, 3.05) is 13.7 Å². The van der Waals surface area contributed by atoms with Crippen molar-refractivity contribution in [1.29, 1.82) is 0 Å². The SMILES string of the molecule is COCCCc1nc(C(C)(C)C)c(CNC2CC2)s1. The summed E-state index contributed by atoms with van der Waals surface area (Å²) in [4.78, 5) is 6.30. The number of aryl methyl sites for hydroxylation is 1. The lowest BCUT2D eigenvalue weighted by Gasteiger charge is -2.17. The lowest BCUT2D eigenvalue weighted by molar-refractivity contribution is 0.195. The number of nitrogens with one attached hydrogen (secondary N) is 1. The van der Waals surface area contributed by atoms with Crippen LogP contribution in [0.25, 0.3) is 0 Å². The first kappa shape index (κ1) is 14.9. The molecule has 0 saturated heterocycles. The Morgan fingerprint density at radius 2 is 2.11 bits per heavy atom. The molecule has 1 N–H and O–H groups in total. The first-order chi connectivity index (χ1) is 9.00. The van der Waals surface area contributed by atoms with E-state index < -0.39 is 0 Å². The highest BCUT2D eigenvalue weighted by Crippen LogP contribution is 2.31. The van der Waals surface area contributed by atoms with Gasteiger partial charge >= 0.3 is 0 Å². The van der Waals surface area contributed by atoms with Crippen LogP contribution in [0.4, 0.5) is 0 Å². The largest absolute Gasteiger partial charge is 0.385 e. The summed E-state index contributed by atoms with van der Waals surface area (Å²) in [7, 11) is 1.76. The molecule has 1 aliphatic rings. The monoisotopic (exact) mass is 282 g/mol. The van der Waals surface area contributed by atoms with Crippen molar-refractivity contribution in [3.63, 3.8) is 0 Å². The van der Waals surface area contributed by atoms with E-state index in [9.17, 15) is 0 Å². The molecule has 1 saturated carbocycles. The van der Waals surface area contributed by atoms with E-state index in [0.717, 1.165) is 32.0 Å². The molecule has 4 heteroatoms. The van der Waals surface area contributed by atoms with Gasteiger partial charge in [-0.25, -0.2) is 4.98 Å². The van der Waals surface area contributed by atoms with E-state index in [2.05, 4.69) is 26.1 Å². The highest BCUT2D eigenvalue weighted by Gasteiger charge is 2.25. The molecule has 1 aromatic rings. The average molecular weight is 282 g/mol. The number of aromatic nitrogens is 1. The van der Waals surface area contributed by atoms with Crippen molar-refractivity contribution in [2.45, 2.75) is 64.5 Å². The normalized spacial score (nSPS) is 16.0. The van der Waals surface area contributed by atoms with E-state index in [1.54, 1.807) is 7.11 Å². The van der Waals surface area contributed by atoms with Gasteiger partial charge in [0.05, 0.1) is 10.7 Å². The molecule has 0 aromatic carbocycles. The quantitative estimate of drug-likeness (QED) is 0.779. The fourth-order valence-electron chi connectivity index (χ4n) is 2.11. The number of rotatable bonds is 7. The van der Waals surface area contributed by atoms with Gasteiger partial charge < -0.3 is 10.1 Å². The smallest absolute Gasteiger partial charge is 0.0932 e. The summed E-state index contributed by atoms with van der Waals surface area (Å²) in [6.45, 7) is 8.56. The molecule has 0 amide bonds. The van der Waals surface area contributed by atoms with Crippen LogP contribution in [0.3, 0.4) is 0 Å². The van der Waals surface area contributed by atoms with Crippen LogP contribution in [0.5, 0.6) is 0 Å². The van der Waals surface area contributed by atoms with Crippen LogP contribution in [0, 0.1) is 0 Å². The molecular weight excluding hydrogens is 256 g/mol. The number of methoxy groups -OCH3 is 1. The lowest BCUT2D eigenvalue weighted by Crippen LogP contribution is -2.20. The van der Waals surface area contributed by atoms with Crippen molar-refractivity contribution in [1.82, 2.24) is 10.3 Å². The van der Waals surface area contributed by atoms with Crippen molar-refractivity contribution >= 4 is 11.3 Å². The first-order valence-corrected chi connectivity index (χ1v) is 8.03. The second-order valence-corrected chi connectivity index (χ2v) is 7.55. The Morgan fingerprint density at radius 3 is 2.68 bits per heavy atom. The molecule has 0 radical (unpaired) electrons. The molecule has 1 aromatic heterocycles. The molecule has 0 aliphatic heterocycles. The fourth-order valence-corrected chi connectivity index (χ4v) is 3.38. The Labute approximate surface area is 120 Å². The molecule has 0 spiro atoms. The molecule has 0 atom stereocenters. The lowest BCUT2D eigenvalue weighted by atomic mass is 9.91. The summed E-state index contributed by atoms with van der Waals surface area (Å²) >= 11 is 1.88. The maximum Gasteiger partial charge on any atom is 0.0932 e. The third-order valence-electron chi connectivity index (χ3n) is 3.32. The Kier molecular flexibility index (Phi) is 4.98. The van der Waals surface area contributed by atoms with Gasteiger partial charge in [0.2, 0.25) is 0 Å². The Bertz CT molecular complexity index is 405. The van der Waals surface area contributed by atoms with E-state index in [4.69, 9.17) is 9.72 Å². The van der Waals surface area contributed by atoms with Gasteiger partial charge in [0, 0.05) is 43.0 Å². The molecule has 1 aliphatic carbocycles. The number of hydrogen-bond donors (Lipinski definition) is 1. The van der Waals surface area contributed by atoms with Crippen molar-refractivity contribution < 1.29 is 4.74 Å². The van der Waals surface area contributed by atoms with Crippen LogP contribution in [0.1, 0.15) is 55.6 Å². The zero-order valence-corrected chi connectivity index (χ0v) is 13.4. The second kappa shape index (κ2) is 6.33. The number of thiazole rings is 1. The van der Waals surface area contributed by atoms with E-state index in [-0.39, 0.29) is 5.41 Å². The van der Waals surface area contributed by atoms with Gasteiger partial charge in [-0.05, 0) is 19.3 Å². The molecule has 108 valence electrons. The average Bonchev–Trinajstić information content (AvgIpc) is 3.06. The van der Waals surface area contributed by atoms with Crippen LogP contribution in [-0.4, -0.2) is 24.7 Å². The van der Waals surface area contributed by atoms with Crippen LogP contribution in [0.15, 0.2) is 0 Å². The molecule has 3 nitrogen and oxygen atoms in total. The third kappa shape index (κ3) is 4.55. The van der Waals surface area contributed by atoms with Gasteiger partial charge in [-0.3, -0.25) is 0 Å². The standard InChI is InChI=1S/C15H26N2OS/c1-15(2,3)14-12(10-16-11-7-8-11)19-13(17-14)6-5-9-18-4/h11,16H,5-10H2,1-4H3. The van der Waals surface area contributed by atoms with E-state index in [0.29, 0.717) is 0 Å². The predicted octanol–water partition coefficient (Wildman–Crippen LogP) is 3.27. The predicted molar refractivity (Wildman–Crippen MR) is 80.9 cm³/mol. The number of nitrogens with zero attached hydrogens (tertiary/aromatic N) is 1. The molecule has 1 heterocycles. The zero-order chi connectivity index (χ0) is 13.9. The van der Waals surface area contributed by atoms with Gasteiger partial charge in [0.25, 0.3) is 0 Å². The van der Waals surface area contributed by atoms with Crippen molar-refractivity contribution in [3.8, 4) is 0 Å².